The van der Waals surface area contributed by atoms with E-state index in [9.17, 15) is 10.1 Å². The third-order valence-electron chi connectivity index (χ3n) is 3.08. The number of rotatable bonds is 6. The molecule has 2 aromatic rings. The highest BCUT2D eigenvalue weighted by Gasteiger charge is 2.06. The Morgan fingerprint density at radius 1 is 1.48 bits per heavy atom. The van der Waals surface area contributed by atoms with E-state index in [0.717, 1.165) is 22.3 Å². The molecule has 0 radical (unpaired) electrons. The minimum absolute atomic E-state index is 0.0377. The zero-order valence-corrected chi connectivity index (χ0v) is 12.1. The minimum Gasteiger partial charge on any atom is -0.497 e. The molecule has 1 aromatic heterocycles. The van der Waals surface area contributed by atoms with Crippen molar-refractivity contribution in [2.45, 2.75) is 19.8 Å². The van der Waals surface area contributed by atoms with Crippen LogP contribution in [-0.2, 0) is 0 Å². The summed E-state index contributed by atoms with van der Waals surface area (Å²) in [5.41, 5.74) is 2.37. The summed E-state index contributed by atoms with van der Waals surface area (Å²) in [7, 11) is 1.61. The minimum atomic E-state index is -0.310. The van der Waals surface area contributed by atoms with Crippen LogP contribution >= 0.6 is 0 Å². The fourth-order valence-corrected chi connectivity index (χ4v) is 2.07. The number of nitro groups is 1. The SMILES string of the molecule is COc1cc(N=C(C)CCC[N+](=O)[O-])c2ncccc2c1. The number of hydrogen-bond donors (Lipinski definition) is 0. The average Bonchev–Trinajstić information content (AvgIpc) is 2.46. The first-order valence-electron chi connectivity index (χ1n) is 6.69. The van der Waals surface area contributed by atoms with Crippen molar-refractivity contribution < 1.29 is 9.66 Å². The Bertz CT molecular complexity index is 683. The quantitative estimate of drug-likeness (QED) is 0.463. The fraction of sp³-hybridized carbons (Fsp3) is 0.333. The van der Waals surface area contributed by atoms with Crippen LogP contribution in [0.3, 0.4) is 0 Å². The standard InChI is InChI=1S/C15H17N3O3/c1-11(5-4-8-18(19)20)17-14-10-13(21-2)9-12-6-3-7-16-15(12)14/h3,6-7,9-10H,4-5,8H2,1-2H3. The highest BCUT2D eigenvalue weighted by atomic mass is 16.6. The van der Waals surface area contributed by atoms with Crippen LogP contribution in [0.5, 0.6) is 5.75 Å². The number of ether oxygens (including phenoxy) is 1. The maximum atomic E-state index is 10.3. The molecule has 0 spiro atoms. The van der Waals surface area contributed by atoms with Crippen LogP contribution in [0.1, 0.15) is 19.8 Å². The Hall–Kier alpha value is -2.50. The third-order valence-corrected chi connectivity index (χ3v) is 3.08. The van der Waals surface area contributed by atoms with Crippen molar-refractivity contribution in [3.05, 3.63) is 40.6 Å². The summed E-state index contributed by atoms with van der Waals surface area (Å²) in [6.45, 7) is 1.83. The average molecular weight is 287 g/mol. The van der Waals surface area contributed by atoms with E-state index in [1.165, 1.54) is 0 Å². The van der Waals surface area contributed by atoms with Gasteiger partial charge in [0, 0.05) is 34.7 Å². The highest BCUT2D eigenvalue weighted by Crippen LogP contribution is 2.30. The summed E-state index contributed by atoms with van der Waals surface area (Å²) in [6.07, 6.45) is 2.79. The first kappa shape index (κ1) is 14.9. The molecule has 1 aromatic carbocycles. The molecular weight excluding hydrogens is 270 g/mol. The van der Waals surface area contributed by atoms with Gasteiger partial charge in [-0.2, -0.15) is 0 Å². The summed E-state index contributed by atoms with van der Waals surface area (Å²) < 4.78 is 5.27. The lowest BCUT2D eigenvalue weighted by molar-refractivity contribution is -0.480. The number of nitrogens with zero attached hydrogens (tertiary/aromatic N) is 3. The van der Waals surface area contributed by atoms with E-state index in [4.69, 9.17) is 4.74 Å². The Labute approximate surface area is 122 Å². The monoisotopic (exact) mass is 287 g/mol. The zero-order valence-electron chi connectivity index (χ0n) is 12.1. The lowest BCUT2D eigenvalue weighted by Gasteiger charge is -2.06. The van der Waals surface area contributed by atoms with Crippen molar-refractivity contribution in [3.8, 4) is 5.75 Å². The third kappa shape index (κ3) is 3.98. The van der Waals surface area contributed by atoms with Gasteiger partial charge in [-0.15, -0.1) is 0 Å². The molecule has 0 aliphatic carbocycles. The van der Waals surface area contributed by atoms with E-state index in [-0.39, 0.29) is 11.5 Å². The molecule has 6 heteroatoms. The molecule has 1 heterocycles. The Morgan fingerprint density at radius 2 is 2.29 bits per heavy atom. The Morgan fingerprint density at radius 3 is 3.00 bits per heavy atom. The summed E-state index contributed by atoms with van der Waals surface area (Å²) >= 11 is 0. The molecule has 0 unspecified atom stereocenters. The Kier molecular flexibility index (Phi) is 4.81. The normalized spacial score (nSPS) is 11.6. The Balaban J connectivity index is 2.29. The lowest BCUT2D eigenvalue weighted by Crippen LogP contribution is -2.02. The van der Waals surface area contributed by atoms with Gasteiger partial charge in [0.2, 0.25) is 6.54 Å². The van der Waals surface area contributed by atoms with Crippen molar-refractivity contribution in [1.29, 1.82) is 0 Å². The van der Waals surface area contributed by atoms with Crippen LogP contribution < -0.4 is 4.74 Å². The van der Waals surface area contributed by atoms with Crippen LogP contribution in [0.25, 0.3) is 10.9 Å². The van der Waals surface area contributed by atoms with Crippen LogP contribution in [0.15, 0.2) is 35.5 Å². The van der Waals surface area contributed by atoms with Crippen molar-refractivity contribution in [2.24, 2.45) is 4.99 Å². The van der Waals surface area contributed by atoms with Crippen molar-refractivity contribution >= 4 is 22.3 Å². The number of aromatic nitrogens is 1. The lowest BCUT2D eigenvalue weighted by atomic mass is 10.1. The molecule has 0 aliphatic rings. The number of fused-ring (bicyclic) bond motifs is 1. The first-order valence-corrected chi connectivity index (χ1v) is 6.69. The number of methoxy groups -OCH3 is 1. The second-order valence-electron chi connectivity index (χ2n) is 4.73. The van der Waals surface area contributed by atoms with Gasteiger partial charge >= 0.3 is 0 Å². The predicted molar refractivity (Wildman–Crippen MR) is 82.2 cm³/mol. The van der Waals surface area contributed by atoms with Gasteiger partial charge in [-0.1, -0.05) is 6.07 Å². The molecule has 0 bridgehead atoms. The van der Waals surface area contributed by atoms with Gasteiger partial charge in [-0.05, 0) is 25.5 Å². The maximum Gasteiger partial charge on any atom is 0.204 e. The molecule has 6 nitrogen and oxygen atoms in total. The molecule has 0 N–H and O–H groups in total. The van der Waals surface area contributed by atoms with Gasteiger partial charge in [0.05, 0.1) is 18.3 Å². The molecule has 21 heavy (non-hydrogen) atoms. The summed E-state index contributed by atoms with van der Waals surface area (Å²) in [5.74, 6) is 0.715. The predicted octanol–water partition coefficient (Wildman–Crippen LogP) is 3.39. The van der Waals surface area contributed by atoms with Crippen LogP contribution in [0.4, 0.5) is 5.69 Å². The first-order chi connectivity index (χ1) is 10.1. The number of hydrogen-bond acceptors (Lipinski definition) is 5. The highest BCUT2D eigenvalue weighted by molar-refractivity contribution is 5.94. The van der Waals surface area contributed by atoms with Crippen LogP contribution in [0, 0.1) is 10.1 Å². The van der Waals surface area contributed by atoms with Crippen LogP contribution in [-0.4, -0.2) is 29.3 Å². The van der Waals surface area contributed by atoms with Gasteiger partial charge in [0.15, 0.2) is 0 Å². The van der Waals surface area contributed by atoms with E-state index in [2.05, 4.69) is 9.98 Å². The summed E-state index contributed by atoms with van der Waals surface area (Å²) in [5, 5.41) is 11.3. The number of aliphatic imine (C=N–C) groups is 1. The second-order valence-corrected chi connectivity index (χ2v) is 4.73. The van der Waals surface area contributed by atoms with Gasteiger partial charge in [0.1, 0.15) is 5.75 Å². The van der Waals surface area contributed by atoms with Crippen LogP contribution in [0.2, 0.25) is 0 Å². The molecule has 0 saturated carbocycles. The van der Waals surface area contributed by atoms with E-state index in [0.29, 0.717) is 18.6 Å². The number of benzene rings is 1. The fourth-order valence-electron chi connectivity index (χ4n) is 2.07. The van der Waals surface area contributed by atoms with E-state index < -0.39 is 0 Å². The van der Waals surface area contributed by atoms with Crippen molar-refractivity contribution in [3.63, 3.8) is 0 Å². The van der Waals surface area contributed by atoms with E-state index >= 15 is 0 Å². The molecule has 0 amide bonds. The van der Waals surface area contributed by atoms with Crippen molar-refractivity contribution in [2.75, 3.05) is 13.7 Å². The van der Waals surface area contributed by atoms with Gasteiger partial charge < -0.3 is 4.74 Å². The maximum absolute atomic E-state index is 10.3. The summed E-state index contributed by atoms with van der Waals surface area (Å²) in [4.78, 5) is 18.9. The molecule has 0 fully saturated rings. The molecular formula is C15H17N3O3. The molecule has 2 rings (SSSR count). The topological polar surface area (TPSA) is 77.6 Å². The van der Waals surface area contributed by atoms with E-state index in [1.54, 1.807) is 13.3 Å². The van der Waals surface area contributed by atoms with Crippen molar-refractivity contribution in [1.82, 2.24) is 4.98 Å². The largest absolute Gasteiger partial charge is 0.497 e. The smallest absolute Gasteiger partial charge is 0.204 e. The number of pyridine rings is 1. The zero-order chi connectivity index (χ0) is 15.2. The van der Waals surface area contributed by atoms with Gasteiger partial charge in [0.25, 0.3) is 0 Å². The van der Waals surface area contributed by atoms with Gasteiger partial charge in [-0.25, -0.2) is 0 Å². The summed E-state index contributed by atoms with van der Waals surface area (Å²) in [6, 6.07) is 7.54. The molecule has 0 saturated heterocycles. The second kappa shape index (κ2) is 6.78. The molecule has 0 aliphatic heterocycles. The molecule has 0 atom stereocenters. The van der Waals surface area contributed by atoms with Gasteiger partial charge in [-0.3, -0.25) is 20.1 Å². The molecule has 110 valence electrons. The van der Waals surface area contributed by atoms with E-state index in [1.807, 2.05) is 31.2 Å².